The molecule has 0 spiro atoms. The Morgan fingerprint density at radius 3 is 2.59 bits per heavy atom. The third-order valence-electron chi connectivity index (χ3n) is 2.15. The van der Waals surface area contributed by atoms with Gasteiger partial charge in [-0.2, -0.15) is 0 Å². The molecule has 0 aromatic heterocycles. The molecule has 17 heavy (non-hydrogen) atoms. The zero-order chi connectivity index (χ0) is 12.7. The van der Waals surface area contributed by atoms with E-state index in [0.717, 1.165) is 5.56 Å². The largest absolute Gasteiger partial charge is 0.453 e. The fourth-order valence-electron chi connectivity index (χ4n) is 1.30. The van der Waals surface area contributed by atoms with E-state index >= 15 is 0 Å². The zero-order valence-corrected chi connectivity index (χ0v) is 9.95. The van der Waals surface area contributed by atoms with Crippen LogP contribution < -0.4 is 10.6 Å². The maximum Gasteiger partial charge on any atom is 0.406 e. The second-order valence-corrected chi connectivity index (χ2v) is 3.54. The van der Waals surface area contributed by atoms with Crippen molar-refractivity contribution in [2.45, 2.75) is 6.92 Å². The lowest BCUT2D eigenvalue weighted by Gasteiger charge is -2.06. The molecule has 1 rings (SSSR count). The van der Waals surface area contributed by atoms with Crippen LogP contribution in [0.5, 0.6) is 0 Å². The minimum atomic E-state index is -0.505. The van der Waals surface area contributed by atoms with Crippen molar-refractivity contribution in [2.75, 3.05) is 20.2 Å². The topological polar surface area (TPSA) is 67.4 Å². The fourth-order valence-corrected chi connectivity index (χ4v) is 1.30. The van der Waals surface area contributed by atoms with Crippen LogP contribution in [-0.2, 0) is 4.74 Å². The number of amides is 2. The van der Waals surface area contributed by atoms with E-state index < -0.39 is 6.09 Å². The Morgan fingerprint density at radius 1 is 1.24 bits per heavy atom. The van der Waals surface area contributed by atoms with Gasteiger partial charge in [0.05, 0.1) is 7.11 Å². The predicted octanol–water partition coefficient (Wildman–Crippen LogP) is 1.08. The molecule has 0 radical (unpaired) electrons. The first-order chi connectivity index (χ1) is 8.13. The van der Waals surface area contributed by atoms with Crippen LogP contribution in [0.4, 0.5) is 4.79 Å². The highest BCUT2D eigenvalue weighted by atomic mass is 16.5. The number of rotatable bonds is 4. The fraction of sp³-hybridized carbons (Fsp3) is 0.333. The number of hydrogen-bond acceptors (Lipinski definition) is 3. The van der Waals surface area contributed by atoms with Crippen molar-refractivity contribution in [2.24, 2.45) is 0 Å². The molecule has 0 heterocycles. The molecule has 0 saturated carbocycles. The third kappa shape index (κ3) is 4.55. The molecule has 1 aromatic carbocycles. The van der Waals surface area contributed by atoms with Gasteiger partial charge in [0.1, 0.15) is 0 Å². The predicted molar refractivity (Wildman–Crippen MR) is 63.9 cm³/mol. The maximum atomic E-state index is 11.7. The summed E-state index contributed by atoms with van der Waals surface area (Å²) in [6.07, 6.45) is -0.505. The first-order valence-electron chi connectivity index (χ1n) is 5.30. The molecule has 92 valence electrons. The Morgan fingerprint density at radius 2 is 1.94 bits per heavy atom. The molecule has 2 N–H and O–H groups in total. The maximum absolute atomic E-state index is 11.7. The molecule has 1 aromatic rings. The normalized spacial score (nSPS) is 9.53. The lowest BCUT2D eigenvalue weighted by molar-refractivity contribution is 0.0952. The van der Waals surface area contributed by atoms with Gasteiger partial charge in [0.25, 0.3) is 5.91 Å². The Labute approximate surface area is 100 Å². The van der Waals surface area contributed by atoms with Crippen molar-refractivity contribution >= 4 is 12.0 Å². The smallest absolute Gasteiger partial charge is 0.406 e. The molecule has 0 bridgehead atoms. The van der Waals surface area contributed by atoms with E-state index in [0.29, 0.717) is 18.7 Å². The van der Waals surface area contributed by atoms with Gasteiger partial charge in [-0.05, 0) is 19.1 Å². The minimum Gasteiger partial charge on any atom is -0.453 e. The third-order valence-corrected chi connectivity index (χ3v) is 2.15. The van der Waals surface area contributed by atoms with E-state index in [1.807, 2.05) is 25.1 Å². The van der Waals surface area contributed by atoms with Crippen molar-refractivity contribution < 1.29 is 14.3 Å². The highest BCUT2D eigenvalue weighted by Crippen LogP contribution is 2.03. The number of ether oxygens (including phenoxy) is 1. The van der Waals surface area contributed by atoms with Crippen molar-refractivity contribution in [1.82, 2.24) is 10.6 Å². The Kier molecular flexibility index (Phi) is 5.00. The van der Waals surface area contributed by atoms with E-state index in [9.17, 15) is 9.59 Å². The monoisotopic (exact) mass is 236 g/mol. The summed E-state index contributed by atoms with van der Waals surface area (Å²) in [7, 11) is 1.29. The molecule has 0 saturated heterocycles. The van der Waals surface area contributed by atoms with E-state index in [1.54, 1.807) is 6.07 Å². The van der Waals surface area contributed by atoms with Crippen LogP contribution in [0.25, 0.3) is 0 Å². The lowest BCUT2D eigenvalue weighted by Crippen LogP contribution is -2.34. The number of aryl methyl sites for hydroxylation is 1. The van der Waals surface area contributed by atoms with E-state index in [1.165, 1.54) is 7.11 Å². The number of nitrogens with one attached hydrogen (secondary N) is 2. The van der Waals surface area contributed by atoms with Crippen LogP contribution in [0.15, 0.2) is 24.3 Å². The van der Waals surface area contributed by atoms with Crippen LogP contribution in [0.1, 0.15) is 15.9 Å². The summed E-state index contributed by atoms with van der Waals surface area (Å²) < 4.78 is 4.39. The summed E-state index contributed by atoms with van der Waals surface area (Å²) in [6, 6.07) is 7.31. The molecule has 0 fully saturated rings. The lowest BCUT2D eigenvalue weighted by atomic mass is 10.1. The minimum absolute atomic E-state index is 0.152. The van der Waals surface area contributed by atoms with Gasteiger partial charge < -0.3 is 15.4 Å². The second-order valence-electron chi connectivity index (χ2n) is 3.54. The summed E-state index contributed by atoms with van der Waals surface area (Å²) in [5, 5.41) is 5.17. The molecule has 0 atom stereocenters. The number of alkyl carbamates (subject to hydrolysis) is 1. The summed E-state index contributed by atoms with van der Waals surface area (Å²) in [5.41, 5.74) is 1.65. The van der Waals surface area contributed by atoms with Gasteiger partial charge in [0.15, 0.2) is 0 Å². The van der Waals surface area contributed by atoms with E-state index in [4.69, 9.17) is 0 Å². The van der Waals surface area contributed by atoms with Crippen molar-refractivity contribution in [3.8, 4) is 0 Å². The average Bonchev–Trinajstić information content (AvgIpc) is 2.34. The van der Waals surface area contributed by atoms with Gasteiger partial charge in [-0.3, -0.25) is 4.79 Å². The molecule has 0 aliphatic heterocycles. The molecular formula is C12H16N2O3. The molecule has 0 unspecified atom stereocenters. The van der Waals surface area contributed by atoms with Crippen molar-refractivity contribution in [1.29, 1.82) is 0 Å². The molecule has 5 heteroatoms. The van der Waals surface area contributed by atoms with Gasteiger partial charge >= 0.3 is 6.09 Å². The van der Waals surface area contributed by atoms with Crippen molar-refractivity contribution in [3.63, 3.8) is 0 Å². The van der Waals surface area contributed by atoms with Gasteiger partial charge in [0.2, 0.25) is 0 Å². The number of carbonyl (C=O) groups excluding carboxylic acids is 2. The number of hydrogen-bond donors (Lipinski definition) is 2. The second kappa shape index (κ2) is 6.52. The van der Waals surface area contributed by atoms with Crippen molar-refractivity contribution in [3.05, 3.63) is 35.4 Å². The highest BCUT2D eigenvalue weighted by molar-refractivity contribution is 5.94. The number of benzene rings is 1. The molecule has 2 amide bonds. The molecule has 0 aliphatic rings. The quantitative estimate of drug-likeness (QED) is 0.769. The number of carbonyl (C=O) groups is 2. The van der Waals surface area contributed by atoms with Gasteiger partial charge in [-0.15, -0.1) is 0 Å². The molecule has 5 nitrogen and oxygen atoms in total. The van der Waals surface area contributed by atoms with Crippen LogP contribution in [0.3, 0.4) is 0 Å². The molecule has 0 aliphatic carbocycles. The van der Waals surface area contributed by atoms with E-state index in [-0.39, 0.29) is 5.91 Å². The Balaban J connectivity index is 2.33. The van der Waals surface area contributed by atoms with Gasteiger partial charge in [-0.1, -0.05) is 17.7 Å². The van der Waals surface area contributed by atoms with Crippen LogP contribution in [-0.4, -0.2) is 32.2 Å². The first-order valence-corrected chi connectivity index (χ1v) is 5.30. The Hall–Kier alpha value is -2.04. The van der Waals surface area contributed by atoms with Crippen LogP contribution in [0.2, 0.25) is 0 Å². The zero-order valence-electron chi connectivity index (χ0n) is 9.95. The summed E-state index contributed by atoms with van der Waals surface area (Å²) >= 11 is 0. The average molecular weight is 236 g/mol. The van der Waals surface area contributed by atoms with Crippen LogP contribution >= 0.6 is 0 Å². The van der Waals surface area contributed by atoms with Crippen LogP contribution in [0, 0.1) is 6.92 Å². The summed E-state index contributed by atoms with van der Waals surface area (Å²) in [6.45, 7) is 2.63. The standard InChI is InChI=1S/C12H16N2O3/c1-9-4-3-5-10(8-9)11(15)13-6-7-14-12(16)17-2/h3-5,8H,6-7H2,1-2H3,(H,13,15)(H,14,16). The number of methoxy groups -OCH3 is 1. The summed E-state index contributed by atoms with van der Waals surface area (Å²) in [5.74, 6) is -0.152. The SMILES string of the molecule is COC(=O)NCCNC(=O)c1cccc(C)c1. The molecular weight excluding hydrogens is 220 g/mol. The summed E-state index contributed by atoms with van der Waals surface area (Å²) in [4.78, 5) is 22.4. The Bertz CT molecular complexity index is 404. The van der Waals surface area contributed by atoms with Gasteiger partial charge in [0, 0.05) is 18.7 Å². The first kappa shape index (κ1) is 13.0. The van der Waals surface area contributed by atoms with E-state index in [2.05, 4.69) is 15.4 Å². The van der Waals surface area contributed by atoms with Gasteiger partial charge in [-0.25, -0.2) is 4.79 Å². The highest BCUT2D eigenvalue weighted by Gasteiger charge is 2.04.